The van der Waals surface area contributed by atoms with Crippen molar-refractivity contribution in [2.75, 3.05) is 6.61 Å². The van der Waals surface area contributed by atoms with Crippen LogP contribution in [0.4, 0.5) is 0 Å². The lowest BCUT2D eigenvalue weighted by atomic mass is 9.79. The van der Waals surface area contributed by atoms with Crippen LogP contribution in [0.1, 0.15) is 49.4 Å². The number of ether oxygens (including phenoxy) is 1. The van der Waals surface area contributed by atoms with Crippen LogP contribution in [0.5, 0.6) is 5.75 Å². The number of aliphatic carboxylic acids is 1. The molecule has 0 heterocycles. The molecule has 7 nitrogen and oxygen atoms in total. The van der Waals surface area contributed by atoms with Crippen LogP contribution in [0.3, 0.4) is 0 Å². The molecular formula is C20H25N2O5-. The monoisotopic (exact) mass is 373 g/mol. The van der Waals surface area contributed by atoms with Crippen molar-refractivity contribution in [3.8, 4) is 5.75 Å². The smallest absolute Gasteiger partial charge is 0.269 e. The third kappa shape index (κ3) is 4.23. The minimum atomic E-state index is -1.17. The predicted molar refractivity (Wildman–Crippen MR) is 95.3 cm³/mol. The molecule has 0 radical (unpaired) electrons. The highest BCUT2D eigenvalue weighted by molar-refractivity contribution is 5.96. The first-order valence-corrected chi connectivity index (χ1v) is 9.55. The third-order valence-corrected chi connectivity index (χ3v) is 5.67. The second-order valence-electron chi connectivity index (χ2n) is 7.37. The minimum absolute atomic E-state index is 0.00621. The van der Waals surface area contributed by atoms with Crippen molar-refractivity contribution in [2.45, 2.75) is 39.0 Å². The van der Waals surface area contributed by atoms with Gasteiger partial charge in [-0.2, -0.15) is 0 Å². The van der Waals surface area contributed by atoms with Crippen molar-refractivity contribution in [2.24, 2.45) is 23.7 Å². The van der Waals surface area contributed by atoms with E-state index in [1.54, 1.807) is 24.3 Å². The number of amides is 2. The highest BCUT2D eigenvalue weighted by atomic mass is 16.5. The second-order valence-corrected chi connectivity index (χ2v) is 7.37. The molecule has 2 saturated carbocycles. The van der Waals surface area contributed by atoms with Crippen molar-refractivity contribution in [3.63, 3.8) is 0 Å². The summed E-state index contributed by atoms with van der Waals surface area (Å²) in [6, 6.07) is 6.64. The van der Waals surface area contributed by atoms with Gasteiger partial charge in [-0.25, -0.2) is 0 Å². The zero-order chi connectivity index (χ0) is 19.4. The number of fused-ring (bicyclic) bond motifs is 2. The summed E-state index contributed by atoms with van der Waals surface area (Å²) < 4.78 is 5.55. The minimum Gasteiger partial charge on any atom is -0.550 e. The maximum Gasteiger partial charge on any atom is 0.269 e. The van der Waals surface area contributed by atoms with E-state index in [4.69, 9.17) is 4.74 Å². The average Bonchev–Trinajstić information content (AvgIpc) is 3.28. The number of rotatable bonds is 7. The zero-order valence-corrected chi connectivity index (χ0v) is 15.4. The summed E-state index contributed by atoms with van der Waals surface area (Å²) in [6.07, 6.45) is 4.42. The second kappa shape index (κ2) is 8.41. The highest BCUT2D eigenvalue weighted by Gasteiger charge is 2.51. The lowest BCUT2D eigenvalue weighted by molar-refractivity contribution is -0.314. The van der Waals surface area contributed by atoms with Gasteiger partial charge in [-0.1, -0.05) is 13.3 Å². The third-order valence-electron chi connectivity index (χ3n) is 5.67. The quantitative estimate of drug-likeness (QED) is 0.548. The molecule has 7 heteroatoms. The van der Waals surface area contributed by atoms with Crippen molar-refractivity contribution in [3.05, 3.63) is 29.8 Å². The molecule has 2 bridgehead atoms. The standard InChI is InChI=1S/C20H26N2O5/c1-2-3-10-27-15-8-6-12(7-9-15)18(23)21-22-19(24)16-13-4-5-14(11-13)17(16)20(25)26/h6-9,13-14,16-17H,2-5,10-11H2,1H3,(H,21,23)(H,22,24)(H,25,26)/p-1/t13-,14+,16-,17+/m1/s1. The Morgan fingerprint density at radius 3 is 2.37 bits per heavy atom. The van der Waals surface area contributed by atoms with E-state index in [0.717, 1.165) is 32.1 Å². The number of carboxylic acids is 1. The maximum absolute atomic E-state index is 12.4. The molecule has 4 atom stereocenters. The van der Waals surface area contributed by atoms with Crippen LogP contribution in [0, 0.1) is 23.7 Å². The van der Waals surface area contributed by atoms with Gasteiger partial charge in [0, 0.05) is 17.5 Å². The lowest BCUT2D eigenvalue weighted by Gasteiger charge is -2.30. The first-order valence-electron chi connectivity index (χ1n) is 9.55. The highest BCUT2D eigenvalue weighted by Crippen LogP contribution is 2.52. The Kier molecular flexibility index (Phi) is 5.98. The molecule has 3 rings (SSSR count). The molecule has 0 aromatic heterocycles. The molecule has 1 aromatic rings. The maximum atomic E-state index is 12.4. The van der Waals surface area contributed by atoms with Gasteiger partial charge in [-0.15, -0.1) is 0 Å². The molecule has 2 aliphatic rings. The number of carbonyl (C=O) groups excluding carboxylic acids is 3. The molecule has 27 heavy (non-hydrogen) atoms. The summed E-state index contributed by atoms with van der Waals surface area (Å²) in [5.74, 6) is -2.75. The normalized spacial score (nSPS) is 25.8. The van der Waals surface area contributed by atoms with Gasteiger partial charge in [0.05, 0.1) is 12.5 Å². The van der Waals surface area contributed by atoms with E-state index in [1.165, 1.54) is 0 Å². The average molecular weight is 373 g/mol. The summed E-state index contributed by atoms with van der Waals surface area (Å²) in [5.41, 5.74) is 5.14. The lowest BCUT2D eigenvalue weighted by Crippen LogP contribution is -2.50. The SMILES string of the molecule is CCCCOc1ccc(C(=O)NNC(=O)[C@@H]2[C@@H]3CC[C@@H](C3)[C@@H]2C(=O)[O-])cc1. The molecule has 0 aliphatic heterocycles. The number of hydrazine groups is 1. The van der Waals surface area contributed by atoms with Crippen LogP contribution in [-0.4, -0.2) is 24.4 Å². The van der Waals surface area contributed by atoms with Gasteiger partial charge >= 0.3 is 0 Å². The van der Waals surface area contributed by atoms with E-state index in [-0.39, 0.29) is 11.8 Å². The van der Waals surface area contributed by atoms with Crippen LogP contribution in [0.15, 0.2) is 24.3 Å². The molecule has 146 valence electrons. The van der Waals surface area contributed by atoms with E-state index in [1.807, 2.05) is 0 Å². The van der Waals surface area contributed by atoms with Crippen LogP contribution in [0.2, 0.25) is 0 Å². The van der Waals surface area contributed by atoms with E-state index in [9.17, 15) is 19.5 Å². The Bertz CT molecular complexity index is 703. The largest absolute Gasteiger partial charge is 0.550 e. The number of benzene rings is 1. The Morgan fingerprint density at radius 1 is 1.07 bits per heavy atom. The van der Waals surface area contributed by atoms with Crippen LogP contribution in [-0.2, 0) is 9.59 Å². The number of unbranched alkanes of at least 4 members (excludes halogenated alkanes) is 1. The van der Waals surface area contributed by atoms with Crippen molar-refractivity contribution >= 4 is 17.8 Å². The van der Waals surface area contributed by atoms with Crippen LogP contribution >= 0.6 is 0 Å². The molecule has 2 N–H and O–H groups in total. The Hall–Kier alpha value is -2.57. The summed E-state index contributed by atoms with van der Waals surface area (Å²) in [4.78, 5) is 36.1. The predicted octanol–water partition coefficient (Wildman–Crippen LogP) is 1.04. The van der Waals surface area contributed by atoms with Gasteiger partial charge in [-0.3, -0.25) is 20.4 Å². The van der Waals surface area contributed by atoms with Gasteiger partial charge in [0.1, 0.15) is 5.75 Å². The van der Waals surface area contributed by atoms with E-state index in [2.05, 4.69) is 17.8 Å². The number of carbonyl (C=O) groups is 3. The van der Waals surface area contributed by atoms with Gasteiger partial charge in [-0.05, 0) is 61.8 Å². The Labute approximate surface area is 158 Å². The van der Waals surface area contributed by atoms with Crippen LogP contribution < -0.4 is 20.7 Å². The number of nitrogens with one attached hydrogen (secondary N) is 2. The molecule has 0 spiro atoms. The summed E-state index contributed by atoms with van der Waals surface area (Å²) >= 11 is 0. The Balaban J connectivity index is 1.53. The van der Waals surface area contributed by atoms with Crippen molar-refractivity contribution in [1.82, 2.24) is 10.9 Å². The van der Waals surface area contributed by atoms with E-state index >= 15 is 0 Å². The molecular weight excluding hydrogens is 348 g/mol. The molecule has 2 fully saturated rings. The topological polar surface area (TPSA) is 108 Å². The van der Waals surface area contributed by atoms with E-state index < -0.39 is 29.6 Å². The molecule has 2 aliphatic carbocycles. The van der Waals surface area contributed by atoms with Gasteiger partial charge in [0.25, 0.3) is 5.91 Å². The first-order chi connectivity index (χ1) is 13.0. The van der Waals surface area contributed by atoms with Gasteiger partial charge < -0.3 is 14.6 Å². The number of carboxylic acid groups (broad SMARTS) is 1. The number of hydrogen-bond acceptors (Lipinski definition) is 5. The van der Waals surface area contributed by atoms with E-state index in [0.29, 0.717) is 17.9 Å². The molecule has 2 amide bonds. The Morgan fingerprint density at radius 2 is 1.74 bits per heavy atom. The molecule has 0 unspecified atom stereocenters. The number of hydrogen-bond donors (Lipinski definition) is 2. The van der Waals surface area contributed by atoms with Gasteiger partial charge in [0.15, 0.2) is 0 Å². The summed E-state index contributed by atoms with van der Waals surface area (Å²) in [5, 5.41) is 11.4. The molecule has 0 saturated heterocycles. The first kappa shape index (κ1) is 19.2. The fraction of sp³-hybridized carbons (Fsp3) is 0.550. The molecule has 1 aromatic carbocycles. The fourth-order valence-corrected chi connectivity index (χ4v) is 4.32. The van der Waals surface area contributed by atoms with Crippen LogP contribution in [0.25, 0.3) is 0 Å². The van der Waals surface area contributed by atoms with Crippen molar-refractivity contribution in [1.29, 1.82) is 0 Å². The van der Waals surface area contributed by atoms with Crippen molar-refractivity contribution < 1.29 is 24.2 Å². The summed E-state index contributed by atoms with van der Waals surface area (Å²) in [6.45, 7) is 2.71. The zero-order valence-electron chi connectivity index (χ0n) is 15.4. The van der Waals surface area contributed by atoms with Gasteiger partial charge in [0.2, 0.25) is 5.91 Å². The fourth-order valence-electron chi connectivity index (χ4n) is 4.32. The summed E-state index contributed by atoms with van der Waals surface area (Å²) in [7, 11) is 0.